The first-order chi connectivity index (χ1) is 18.8. The number of aromatic carboxylic acids is 1. The van der Waals surface area contributed by atoms with Crippen LogP contribution < -0.4 is 10.2 Å². The molecule has 0 aliphatic carbocycles. The van der Waals surface area contributed by atoms with Gasteiger partial charge in [-0.2, -0.15) is 0 Å². The summed E-state index contributed by atoms with van der Waals surface area (Å²) in [4.78, 5) is 40.0. The number of benzene rings is 1. The lowest BCUT2D eigenvalue weighted by atomic mass is 9.85. The highest BCUT2D eigenvalue weighted by molar-refractivity contribution is 7.17. The van der Waals surface area contributed by atoms with Crippen LogP contribution in [0.4, 0.5) is 13.9 Å². The Balaban J connectivity index is 1.54. The third-order valence-electron chi connectivity index (χ3n) is 6.44. The van der Waals surface area contributed by atoms with E-state index in [1.54, 1.807) is 18.5 Å². The van der Waals surface area contributed by atoms with Gasteiger partial charge in [-0.05, 0) is 25.8 Å². The number of nitrogens with zero attached hydrogens (tertiary/aromatic N) is 4. The molecule has 3 aromatic rings. The maximum Gasteiger partial charge on any atom is 0.347 e. The highest BCUT2D eigenvalue weighted by Gasteiger charge is 2.38. The molecule has 5 rings (SSSR count). The second-order valence-electron chi connectivity index (χ2n) is 8.73. The predicted molar refractivity (Wildman–Crippen MR) is 144 cm³/mol. The number of esters is 1. The zero-order valence-corrected chi connectivity index (χ0v) is 22.9. The summed E-state index contributed by atoms with van der Waals surface area (Å²) in [6.07, 6.45) is 4.14. The summed E-state index contributed by atoms with van der Waals surface area (Å²) in [5.74, 6) is -3.77. The summed E-state index contributed by atoms with van der Waals surface area (Å²) in [6.45, 7) is 2.89. The van der Waals surface area contributed by atoms with E-state index in [4.69, 9.17) is 16.3 Å². The van der Waals surface area contributed by atoms with Crippen molar-refractivity contribution in [3.05, 3.63) is 73.3 Å². The van der Waals surface area contributed by atoms with Crippen LogP contribution >= 0.6 is 34.3 Å². The maximum absolute atomic E-state index is 14.5. The van der Waals surface area contributed by atoms with Gasteiger partial charge < -0.3 is 20.1 Å². The van der Waals surface area contributed by atoms with Crippen molar-refractivity contribution in [3.63, 3.8) is 0 Å². The first-order valence-electron chi connectivity index (χ1n) is 12.0. The van der Waals surface area contributed by atoms with E-state index < -0.39 is 34.6 Å². The summed E-state index contributed by atoms with van der Waals surface area (Å²) < 4.78 is 33.9. The normalized spacial score (nSPS) is 18.1. The van der Waals surface area contributed by atoms with Crippen molar-refractivity contribution in [1.82, 2.24) is 15.3 Å². The van der Waals surface area contributed by atoms with Gasteiger partial charge in [-0.15, -0.1) is 11.3 Å². The molecule has 0 bridgehead atoms. The lowest BCUT2D eigenvalue weighted by molar-refractivity contribution is -0.139. The van der Waals surface area contributed by atoms with E-state index in [2.05, 4.69) is 20.3 Å². The van der Waals surface area contributed by atoms with Crippen molar-refractivity contribution in [1.29, 1.82) is 0 Å². The molecule has 0 radical (unpaired) electrons. The Morgan fingerprint density at radius 2 is 2.03 bits per heavy atom. The Morgan fingerprint density at radius 3 is 2.67 bits per heavy atom. The van der Waals surface area contributed by atoms with E-state index in [0.717, 1.165) is 17.4 Å². The molecule has 1 unspecified atom stereocenters. The number of ether oxygens (including phenoxy) is 1. The quantitative estimate of drug-likeness (QED) is 0.289. The van der Waals surface area contributed by atoms with Crippen LogP contribution in [0.15, 0.2) is 46.2 Å². The maximum atomic E-state index is 14.5. The molecule has 1 saturated heterocycles. The van der Waals surface area contributed by atoms with Crippen molar-refractivity contribution in [3.8, 4) is 0 Å². The van der Waals surface area contributed by atoms with Crippen LogP contribution in [0.25, 0.3) is 0 Å². The zero-order chi connectivity index (χ0) is 27.7. The van der Waals surface area contributed by atoms with Crippen LogP contribution in [0.5, 0.6) is 0 Å². The van der Waals surface area contributed by atoms with Gasteiger partial charge in [-0.1, -0.05) is 29.0 Å². The number of nitrogens with one attached hydrogen (secondary N) is 1. The van der Waals surface area contributed by atoms with Crippen LogP contribution in [-0.2, 0) is 9.53 Å². The highest BCUT2D eigenvalue weighted by Crippen LogP contribution is 2.41. The van der Waals surface area contributed by atoms with Crippen LogP contribution in [-0.4, -0.2) is 52.5 Å². The number of carboxylic acids is 1. The Hall–Kier alpha value is -3.42. The molecule has 2 aliphatic heterocycles. The highest BCUT2D eigenvalue weighted by atomic mass is 35.5. The summed E-state index contributed by atoms with van der Waals surface area (Å²) in [7, 11) is 0. The van der Waals surface area contributed by atoms with Gasteiger partial charge in [0.15, 0.2) is 27.6 Å². The minimum absolute atomic E-state index is 0.102. The average molecular weight is 594 g/mol. The summed E-state index contributed by atoms with van der Waals surface area (Å²) in [5.41, 5.74) is 0.864. The fraction of sp³-hybridized carbons (Fsp3) is 0.320. The topological polar surface area (TPSA) is 117 Å². The van der Waals surface area contributed by atoms with Gasteiger partial charge in [0.05, 0.1) is 23.4 Å². The number of carbonyl (C=O) groups excluding carboxylic acids is 1. The predicted octanol–water partition coefficient (Wildman–Crippen LogP) is 5.05. The second-order valence-corrected chi connectivity index (χ2v) is 11.0. The molecule has 2 aliphatic rings. The summed E-state index contributed by atoms with van der Waals surface area (Å²) in [5, 5.41) is 15.0. The molecule has 9 nitrogen and oxygen atoms in total. The molecule has 0 spiro atoms. The van der Waals surface area contributed by atoms with Crippen LogP contribution in [0.1, 0.15) is 46.0 Å². The van der Waals surface area contributed by atoms with Crippen LogP contribution in [0.2, 0.25) is 5.02 Å². The number of halogens is 3. The number of allylic oxidation sites excluding steroid dienone is 1. The SMILES string of the molecule is CCOC(=O)C1=C(C2CCN(c3ncc(C(=O)O)s3)CC2)NC(c2nccs2)=NC1c1ccc(F)c(F)c1Cl. The Bertz CT molecular complexity index is 1470. The minimum atomic E-state index is -1.22. The molecule has 2 N–H and O–H groups in total. The Labute approximate surface area is 234 Å². The number of aliphatic imine (C=N–C) groups is 1. The van der Waals surface area contributed by atoms with E-state index >= 15 is 0 Å². The fourth-order valence-corrected chi connectivity index (χ4v) is 6.27. The minimum Gasteiger partial charge on any atom is -0.477 e. The van der Waals surface area contributed by atoms with E-state index in [0.29, 0.717) is 47.6 Å². The largest absolute Gasteiger partial charge is 0.477 e. The number of hydrogen-bond acceptors (Lipinski definition) is 10. The number of piperidine rings is 1. The molecular weight excluding hydrogens is 572 g/mol. The van der Waals surface area contributed by atoms with E-state index in [-0.39, 0.29) is 28.5 Å². The van der Waals surface area contributed by atoms with Crippen molar-refractivity contribution in [2.75, 3.05) is 24.6 Å². The third kappa shape index (κ3) is 5.38. The molecule has 0 saturated carbocycles. The van der Waals surface area contributed by atoms with Crippen LogP contribution in [0, 0.1) is 17.6 Å². The number of amidine groups is 1. The first-order valence-corrected chi connectivity index (χ1v) is 14.1. The van der Waals surface area contributed by atoms with E-state index in [9.17, 15) is 23.5 Å². The Morgan fingerprint density at radius 1 is 1.26 bits per heavy atom. The average Bonchev–Trinajstić information content (AvgIpc) is 3.65. The lowest BCUT2D eigenvalue weighted by Gasteiger charge is -2.36. The molecule has 1 atom stereocenters. The van der Waals surface area contributed by atoms with Crippen molar-refractivity contribution >= 4 is 57.2 Å². The van der Waals surface area contributed by atoms with E-state index in [1.807, 2.05) is 4.90 Å². The summed E-state index contributed by atoms with van der Waals surface area (Å²) in [6, 6.07) is 1.22. The van der Waals surface area contributed by atoms with Gasteiger partial charge in [0.25, 0.3) is 0 Å². The summed E-state index contributed by atoms with van der Waals surface area (Å²) >= 11 is 8.69. The number of thiazole rings is 2. The van der Waals surface area contributed by atoms with Crippen molar-refractivity contribution in [2.45, 2.75) is 25.8 Å². The second kappa shape index (κ2) is 11.4. The molecule has 2 aromatic heterocycles. The number of aromatic nitrogens is 2. The van der Waals surface area contributed by atoms with Gasteiger partial charge in [-0.25, -0.2) is 28.3 Å². The smallest absolute Gasteiger partial charge is 0.347 e. The van der Waals surface area contributed by atoms with Crippen molar-refractivity contribution < 1.29 is 28.2 Å². The molecule has 4 heterocycles. The molecular formula is C25H22ClF2N5O4S2. The number of hydrogen-bond donors (Lipinski definition) is 2. The van der Waals surface area contributed by atoms with Crippen molar-refractivity contribution in [2.24, 2.45) is 10.9 Å². The zero-order valence-electron chi connectivity index (χ0n) is 20.5. The first kappa shape index (κ1) is 27.2. The molecule has 39 heavy (non-hydrogen) atoms. The van der Waals surface area contributed by atoms with Crippen LogP contribution in [0.3, 0.4) is 0 Å². The molecule has 1 fully saturated rings. The molecule has 1 aromatic carbocycles. The standard InChI is InChI=1S/C25H22ClF2N5O4S2/c1-2-37-24(36)16-19(12-5-8-33(9-6-12)25-30-11-15(39-25)23(34)35)31-21(22-29-7-10-38-22)32-20(16)13-3-4-14(27)18(28)17(13)26/h3-4,7,10-12,20H,2,5-6,8-9H2,1H3,(H,31,32)(H,34,35). The Kier molecular flexibility index (Phi) is 7.91. The molecule has 0 amide bonds. The molecule has 14 heteroatoms. The van der Waals surface area contributed by atoms with Gasteiger partial charge in [0.2, 0.25) is 0 Å². The lowest BCUT2D eigenvalue weighted by Crippen LogP contribution is -2.41. The number of rotatable bonds is 7. The monoisotopic (exact) mass is 593 g/mol. The van der Waals surface area contributed by atoms with E-state index in [1.165, 1.54) is 23.6 Å². The number of anilines is 1. The number of carbonyl (C=O) groups is 2. The van der Waals surface area contributed by atoms with Gasteiger partial charge in [-0.3, -0.25) is 4.99 Å². The molecule has 204 valence electrons. The third-order valence-corrected chi connectivity index (χ3v) is 8.65. The number of carboxylic acid groups (broad SMARTS) is 1. The van der Waals surface area contributed by atoms with Gasteiger partial charge in [0, 0.05) is 41.8 Å². The fourth-order valence-electron chi connectivity index (χ4n) is 4.62. The van der Waals surface area contributed by atoms with Gasteiger partial charge in [0.1, 0.15) is 10.9 Å². The van der Waals surface area contributed by atoms with Gasteiger partial charge >= 0.3 is 11.9 Å².